The van der Waals surface area contributed by atoms with Gasteiger partial charge in [-0.2, -0.15) is 0 Å². The normalized spacial score (nSPS) is 36.1. The van der Waals surface area contributed by atoms with Crippen LogP contribution in [0.1, 0.15) is 47.0 Å². The Kier molecular flexibility index (Phi) is 5.51. The minimum atomic E-state index is -3.75. The molecule has 0 unspecified atom stereocenters. The summed E-state index contributed by atoms with van der Waals surface area (Å²) in [7, 11) is -3.75. The van der Waals surface area contributed by atoms with E-state index in [1.165, 1.54) is 6.92 Å². The molecule has 0 spiro atoms. The molecule has 0 bridgehead atoms. The van der Waals surface area contributed by atoms with Crippen molar-refractivity contribution in [1.82, 2.24) is 4.31 Å². The Balaban J connectivity index is 2.28. The van der Waals surface area contributed by atoms with Crippen LogP contribution in [0.4, 0.5) is 0 Å². The molecule has 1 aliphatic heterocycles. The Morgan fingerprint density at radius 2 is 2.00 bits per heavy atom. The topological polar surface area (TPSA) is 80.8 Å². The Labute approximate surface area is 138 Å². The zero-order valence-corrected chi connectivity index (χ0v) is 15.1. The average molecular weight is 345 g/mol. The number of unbranched alkanes of at least 4 members (excludes halogenated alkanes) is 1. The van der Waals surface area contributed by atoms with E-state index in [1.807, 2.05) is 6.92 Å². The largest absolute Gasteiger partial charge is 0.381 e. The lowest BCUT2D eigenvalue weighted by atomic mass is 9.69. The van der Waals surface area contributed by atoms with Gasteiger partial charge in [-0.05, 0) is 19.3 Å². The fourth-order valence-corrected chi connectivity index (χ4v) is 6.52. The van der Waals surface area contributed by atoms with Gasteiger partial charge in [0.25, 0.3) is 0 Å². The predicted molar refractivity (Wildman–Crippen MR) is 86.2 cm³/mol. The molecule has 2 fully saturated rings. The molecule has 0 aromatic heterocycles. The summed E-state index contributed by atoms with van der Waals surface area (Å²) in [6.45, 7) is 7.95. The van der Waals surface area contributed by atoms with E-state index in [9.17, 15) is 18.0 Å². The maximum atomic E-state index is 12.7. The number of amides is 1. The second-order valence-electron chi connectivity index (χ2n) is 6.77. The van der Waals surface area contributed by atoms with Crippen molar-refractivity contribution in [2.45, 2.75) is 58.2 Å². The second kappa shape index (κ2) is 6.89. The molecule has 1 aliphatic carbocycles. The molecule has 0 radical (unpaired) electrons. The van der Waals surface area contributed by atoms with Crippen LogP contribution < -0.4 is 0 Å². The summed E-state index contributed by atoms with van der Waals surface area (Å²) in [6.07, 6.45) is 1.97. The zero-order valence-electron chi connectivity index (χ0n) is 14.3. The Bertz CT molecular complexity index is 573. The van der Waals surface area contributed by atoms with Gasteiger partial charge < -0.3 is 4.74 Å². The number of ether oxygens (including phenoxy) is 1. The summed E-state index contributed by atoms with van der Waals surface area (Å²) in [5.41, 5.74) is 0. The number of ketones is 1. The van der Waals surface area contributed by atoms with E-state index >= 15 is 0 Å². The van der Waals surface area contributed by atoms with Crippen LogP contribution in [0, 0.1) is 17.8 Å². The Hall–Kier alpha value is -0.950. The van der Waals surface area contributed by atoms with Crippen LogP contribution in [0.3, 0.4) is 0 Å². The van der Waals surface area contributed by atoms with E-state index in [4.69, 9.17) is 4.74 Å². The van der Waals surface area contributed by atoms with Crippen molar-refractivity contribution in [3.8, 4) is 0 Å². The van der Waals surface area contributed by atoms with Crippen LogP contribution >= 0.6 is 0 Å². The van der Waals surface area contributed by atoms with Crippen LogP contribution in [0.15, 0.2) is 0 Å². The summed E-state index contributed by atoms with van der Waals surface area (Å²) in [5.74, 6) is -1.15. The first kappa shape index (κ1) is 18.4. The number of fused-ring (bicyclic) bond motifs is 1. The third-order valence-electron chi connectivity index (χ3n) is 5.32. The highest BCUT2D eigenvalue weighted by Crippen LogP contribution is 2.46. The lowest BCUT2D eigenvalue weighted by Crippen LogP contribution is -2.46. The highest BCUT2D eigenvalue weighted by atomic mass is 32.2. The van der Waals surface area contributed by atoms with Gasteiger partial charge in [0.1, 0.15) is 5.78 Å². The van der Waals surface area contributed by atoms with Gasteiger partial charge in [0, 0.05) is 37.8 Å². The SMILES string of the molecule is CCCCOC[C@@H]1[C@@H]2[C@@H](C)N(C(C)=O)S(=O)(=O)[C@@H]2CC(=O)[C@@H]1C. The summed E-state index contributed by atoms with van der Waals surface area (Å²) in [5, 5.41) is -0.787. The van der Waals surface area contributed by atoms with Crippen LogP contribution in [0.5, 0.6) is 0 Å². The van der Waals surface area contributed by atoms with E-state index in [1.54, 1.807) is 6.92 Å². The Morgan fingerprint density at radius 3 is 2.57 bits per heavy atom. The van der Waals surface area contributed by atoms with Crippen LogP contribution in [-0.2, 0) is 24.3 Å². The molecule has 0 aromatic carbocycles. The molecular formula is C16H27NO5S. The molecule has 2 rings (SSSR count). The van der Waals surface area contributed by atoms with Gasteiger partial charge in [0.05, 0.1) is 11.9 Å². The van der Waals surface area contributed by atoms with Crippen molar-refractivity contribution in [2.75, 3.05) is 13.2 Å². The average Bonchev–Trinajstić information content (AvgIpc) is 2.65. The molecule has 7 heteroatoms. The summed E-state index contributed by atoms with van der Waals surface area (Å²) < 4.78 is 32.0. The van der Waals surface area contributed by atoms with E-state index in [0.29, 0.717) is 13.2 Å². The molecular weight excluding hydrogens is 318 g/mol. The molecule has 1 amide bonds. The monoisotopic (exact) mass is 345 g/mol. The molecule has 1 saturated carbocycles. The van der Waals surface area contributed by atoms with Crippen molar-refractivity contribution >= 4 is 21.7 Å². The van der Waals surface area contributed by atoms with E-state index in [-0.39, 0.29) is 30.0 Å². The number of nitrogens with zero attached hydrogens (tertiary/aromatic N) is 1. The summed E-state index contributed by atoms with van der Waals surface area (Å²) >= 11 is 0. The summed E-state index contributed by atoms with van der Waals surface area (Å²) in [6, 6.07) is -0.419. The molecule has 132 valence electrons. The van der Waals surface area contributed by atoms with Crippen molar-refractivity contribution in [3.05, 3.63) is 0 Å². The first-order valence-corrected chi connectivity index (χ1v) is 9.88. The van der Waals surface area contributed by atoms with Crippen LogP contribution in [-0.4, -0.2) is 48.9 Å². The van der Waals surface area contributed by atoms with E-state index in [2.05, 4.69) is 6.92 Å². The zero-order chi connectivity index (χ0) is 17.4. The lowest BCUT2D eigenvalue weighted by molar-refractivity contribution is -0.130. The molecule has 6 nitrogen and oxygen atoms in total. The van der Waals surface area contributed by atoms with Gasteiger partial charge in [-0.25, -0.2) is 12.7 Å². The smallest absolute Gasteiger partial charge is 0.241 e. The molecule has 5 atom stereocenters. The second-order valence-corrected chi connectivity index (χ2v) is 8.80. The third kappa shape index (κ3) is 3.18. The first-order valence-electron chi connectivity index (χ1n) is 8.37. The maximum Gasteiger partial charge on any atom is 0.241 e. The fourth-order valence-electron chi connectivity index (χ4n) is 4.06. The van der Waals surface area contributed by atoms with E-state index in [0.717, 1.165) is 17.1 Å². The minimum Gasteiger partial charge on any atom is -0.381 e. The standard InChI is InChI=1S/C16H27NO5S/c1-5-6-7-22-9-13-10(2)14(19)8-15-16(13)11(3)17(12(4)18)23(15,20)21/h10-11,13,15-16H,5-9H2,1-4H3/t10-,11-,13+,15-,16+/m1/s1. The van der Waals surface area contributed by atoms with Crippen molar-refractivity contribution in [1.29, 1.82) is 0 Å². The number of carbonyl (C=O) groups excluding carboxylic acids is 2. The van der Waals surface area contributed by atoms with Gasteiger partial charge in [0.15, 0.2) is 0 Å². The first-order chi connectivity index (χ1) is 10.7. The van der Waals surface area contributed by atoms with E-state index < -0.39 is 27.2 Å². The number of carbonyl (C=O) groups is 2. The number of Topliss-reactive ketones (excluding diaryl/α,β-unsaturated/α-hetero) is 1. The third-order valence-corrected chi connectivity index (χ3v) is 7.71. The van der Waals surface area contributed by atoms with Gasteiger partial charge in [-0.15, -0.1) is 0 Å². The van der Waals surface area contributed by atoms with Crippen LogP contribution in [0.2, 0.25) is 0 Å². The number of hydrogen-bond acceptors (Lipinski definition) is 5. The molecule has 23 heavy (non-hydrogen) atoms. The molecule has 1 saturated heterocycles. The maximum absolute atomic E-state index is 12.7. The number of rotatable bonds is 5. The summed E-state index contributed by atoms with van der Waals surface area (Å²) in [4.78, 5) is 24.1. The fraction of sp³-hybridized carbons (Fsp3) is 0.875. The van der Waals surface area contributed by atoms with Gasteiger partial charge in [-0.3, -0.25) is 9.59 Å². The highest BCUT2D eigenvalue weighted by Gasteiger charge is 2.59. The molecule has 0 aromatic rings. The highest BCUT2D eigenvalue weighted by molar-refractivity contribution is 7.90. The predicted octanol–water partition coefficient (Wildman–Crippen LogP) is 1.59. The van der Waals surface area contributed by atoms with Crippen molar-refractivity contribution < 1.29 is 22.7 Å². The van der Waals surface area contributed by atoms with Gasteiger partial charge in [0.2, 0.25) is 15.9 Å². The number of hydrogen-bond donors (Lipinski definition) is 0. The molecule has 1 heterocycles. The van der Waals surface area contributed by atoms with Crippen LogP contribution in [0.25, 0.3) is 0 Å². The van der Waals surface area contributed by atoms with Gasteiger partial charge >= 0.3 is 0 Å². The molecule has 0 N–H and O–H groups in total. The molecule has 2 aliphatic rings. The van der Waals surface area contributed by atoms with Crippen molar-refractivity contribution in [3.63, 3.8) is 0 Å². The minimum absolute atomic E-state index is 0.00769. The number of sulfonamides is 1. The van der Waals surface area contributed by atoms with Gasteiger partial charge in [-0.1, -0.05) is 20.3 Å². The Morgan fingerprint density at radius 1 is 1.35 bits per heavy atom. The van der Waals surface area contributed by atoms with Crippen molar-refractivity contribution in [2.24, 2.45) is 17.8 Å². The lowest BCUT2D eigenvalue weighted by Gasteiger charge is -2.37. The quantitative estimate of drug-likeness (QED) is 0.707.